The molecule has 2 N–H and O–H groups in total. The molecular weight excluding hydrogens is 265 g/mol. The smallest absolute Gasteiger partial charge is 0.155 e. The molecule has 0 amide bonds. The molecule has 4 aliphatic carbocycles. The van der Waals surface area contributed by atoms with Crippen molar-refractivity contribution >= 4 is 0 Å². The summed E-state index contributed by atoms with van der Waals surface area (Å²) >= 11 is 0. The second-order valence-corrected chi connectivity index (χ2v) is 7.38. The van der Waals surface area contributed by atoms with Gasteiger partial charge in [-0.3, -0.25) is 5.10 Å². The second kappa shape index (κ2) is 3.99. The van der Waals surface area contributed by atoms with Gasteiger partial charge in [-0.2, -0.15) is 0 Å². The fraction of sp³-hybridized carbons (Fsp3) is 0.588. The first-order valence-corrected chi connectivity index (χ1v) is 8.12. The molecule has 4 bridgehead atoms. The first-order valence-electron chi connectivity index (χ1n) is 8.12. The van der Waals surface area contributed by atoms with Crippen LogP contribution in [-0.2, 0) is 5.41 Å². The molecule has 0 radical (unpaired) electrons. The van der Waals surface area contributed by atoms with Gasteiger partial charge in [-0.25, -0.2) is 9.60 Å². The van der Waals surface area contributed by atoms with Crippen LogP contribution in [0.2, 0.25) is 0 Å². The van der Waals surface area contributed by atoms with Crippen LogP contribution in [0.5, 0.6) is 0 Å². The lowest BCUT2D eigenvalue weighted by Gasteiger charge is -2.61. The summed E-state index contributed by atoms with van der Waals surface area (Å²) in [4.78, 5) is 0. The maximum absolute atomic E-state index is 13.4. The lowest BCUT2D eigenvalue weighted by molar-refractivity contribution is -0.0481. The van der Waals surface area contributed by atoms with Crippen molar-refractivity contribution in [2.45, 2.75) is 37.5 Å². The molecule has 1 aromatic carbocycles. The molecule has 0 unspecified atom stereocenters. The predicted molar refractivity (Wildman–Crippen MR) is 77.2 cm³/mol. The summed E-state index contributed by atoms with van der Waals surface area (Å²) in [6, 6.07) is 7.18. The van der Waals surface area contributed by atoms with Crippen LogP contribution < -0.4 is 0 Å². The zero-order valence-electron chi connectivity index (χ0n) is 12.0. The predicted octanol–water partition coefficient (Wildman–Crippen LogP) is 3.62. The minimum absolute atomic E-state index is 0.00757. The fourth-order valence-corrected chi connectivity index (χ4v) is 5.96. The molecule has 0 atom stereocenters. The highest BCUT2D eigenvalue weighted by Gasteiger charge is 2.60. The van der Waals surface area contributed by atoms with E-state index in [1.165, 1.54) is 37.7 Å². The van der Waals surface area contributed by atoms with E-state index >= 15 is 0 Å². The number of H-pyrrole nitrogens is 2. The van der Waals surface area contributed by atoms with Gasteiger partial charge in [0.1, 0.15) is 5.82 Å². The third-order valence-corrected chi connectivity index (χ3v) is 6.48. The number of benzene rings is 1. The number of aromatic nitrogens is 3. The first-order chi connectivity index (χ1) is 10.3. The van der Waals surface area contributed by atoms with E-state index in [0.717, 1.165) is 17.7 Å². The Morgan fingerprint density at radius 2 is 1.52 bits per heavy atom. The summed E-state index contributed by atoms with van der Waals surface area (Å²) in [5, 5.41) is 10.5. The van der Waals surface area contributed by atoms with E-state index in [1.54, 1.807) is 12.1 Å². The normalized spacial score (nSPS) is 40.8. The summed E-state index contributed by atoms with van der Waals surface area (Å²) in [5.74, 6) is 4.08. The molecule has 3 nitrogen and oxygen atoms in total. The Morgan fingerprint density at radius 1 is 0.952 bits per heavy atom. The third-order valence-electron chi connectivity index (χ3n) is 6.48. The van der Waals surface area contributed by atoms with Crippen LogP contribution in [0.4, 0.5) is 4.39 Å². The zero-order valence-corrected chi connectivity index (χ0v) is 12.0. The number of nitrogens with zero attached hydrogens (tertiary/aromatic N) is 1. The van der Waals surface area contributed by atoms with Crippen molar-refractivity contribution in [1.29, 1.82) is 0 Å². The largest absolute Gasteiger partial charge is 0.269 e. The highest BCUT2D eigenvalue weighted by molar-refractivity contribution is 5.38. The molecule has 2 aromatic rings. The Balaban J connectivity index is 1.69. The van der Waals surface area contributed by atoms with Crippen LogP contribution >= 0.6 is 0 Å². The summed E-state index contributed by atoms with van der Waals surface area (Å²) in [6.07, 6.45) is 6.68. The fourth-order valence-electron chi connectivity index (χ4n) is 5.96. The van der Waals surface area contributed by atoms with Crippen LogP contribution in [0, 0.1) is 29.5 Å². The highest BCUT2D eigenvalue weighted by atomic mass is 19.1. The van der Waals surface area contributed by atoms with Gasteiger partial charge in [0.15, 0.2) is 5.82 Å². The van der Waals surface area contributed by atoms with Crippen molar-refractivity contribution in [1.82, 2.24) is 15.4 Å². The van der Waals surface area contributed by atoms with E-state index in [-0.39, 0.29) is 11.2 Å². The van der Waals surface area contributed by atoms with Crippen molar-refractivity contribution in [2.24, 2.45) is 23.7 Å². The molecule has 1 aromatic heterocycles. The summed E-state index contributed by atoms with van der Waals surface area (Å²) in [7, 11) is 0. The zero-order chi connectivity index (χ0) is 14.0. The maximum atomic E-state index is 13.4. The topological polar surface area (TPSA) is 44.5 Å². The number of hydrogen-bond donors (Lipinski definition) is 2. The standard InChI is InChI=1S/C17H20FN3/c18-15-3-1-12(2-4-15)17(16-19-21-20-16)13-6-10-5-11(8-13)9-14(17)7-10/h1-4,10-11,13-14,21H,5-9H2,(H,19,20). The Bertz CT molecular complexity index is 617. The van der Waals surface area contributed by atoms with E-state index in [9.17, 15) is 4.39 Å². The van der Waals surface area contributed by atoms with Gasteiger partial charge in [0.05, 0.1) is 5.41 Å². The average molecular weight is 285 g/mol. The van der Waals surface area contributed by atoms with E-state index < -0.39 is 0 Å². The van der Waals surface area contributed by atoms with Crippen LogP contribution in [-0.4, -0.2) is 15.4 Å². The van der Waals surface area contributed by atoms with Crippen LogP contribution in [0.1, 0.15) is 43.5 Å². The number of halogens is 1. The SMILES string of the molecule is Fc1ccc(C2(c3n[nH][nH]3)C3CC4CC(C3)CC2C4)cc1. The lowest BCUT2D eigenvalue weighted by atomic mass is 9.43. The van der Waals surface area contributed by atoms with Crippen molar-refractivity contribution in [3.8, 4) is 0 Å². The van der Waals surface area contributed by atoms with Crippen LogP contribution in [0.3, 0.4) is 0 Å². The molecule has 4 heteroatoms. The van der Waals surface area contributed by atoms with Gasteiger partial charge in [0, 0.05) is 0 Å². The van der Waals surface area contributed by atoms with Crippen molar-refractivity contribution in [2.75, 3.05) is 0 Å². The minimum atomic E-state index is -0.153. The molecule has 4 aliphatic rings. The molecule has 1 heterocycles. The molecule has 4 saturated carbocycles. The average Bonchev–Trinajstić information content (AvgIpc) is 2.41. The third kappa shape index (κ3) is 1.46. The van der Waals surface area contributed by atoms with Gasteiger partial charge in [-0.05, 0) is 73.5 Å². The first kappa shape index (κ1) is 12.0. The van der Waals surface area contributed by atoms with Crippen molar-refractivity contribution in [3.05, 3.63) is 41.5 Å². The van der Waals surface area contributed by atoms with Crippen LogP contribution in [0.25, 0.3) is 0 Å². The van der Waals surface area contributed by atoms with Crippen molar-refractivity contribution in [3.63, 3.8) is 0 Å². The highest BCUT2D eigenvalue weighted by Crippen LogP contribution is 2.64. The van der Waals surface area contributed by atoms with E-state index in [2.05, 4.69) is 15.4 Å². The molecule has 4 fully saturated rings. The van der Waals surface area contributed by atoms with Crippen molar-refractivity contribution < 1.29 is 4.39 Å². The second-order valence-electron chi connectivity index (χ2n) is 7.38. The Morgan fingerprint density at radius 3 is 2.00 bits per heavy atom. The summed E-state index contributed by atoms with van der Waals surface area (Å²) < 4.78 is 13.4. The van der Waals surface area contributed by atoms with E-state index in [0.29, 0.717) is 11.8 Å². The van der Waals surface area contributed by atoms with Gasteiger partial charge >= 0.3 is 0 Å². The Hall–Kier alpha value is -1.58. The Labute approximate surface area is 123 Å². The molecule has 0 saturated heterocycles. The van der Waals surface area contributed by atoms with E-state index in [1.807, 2.05) is 12.1 Å². The number of aromatic amines is 2. The lowest BCUT2D eigenvalue weighted by Crippen LogP contribution is -2.57. The van der Waals surface area contributed by atoms with Crippen LogP contribution in [0.15, 0.2) is 24.3 Å². The number of nitrogens with one attached hydrogen (secondary N) is 2. The van der Waals surface area contributed by atoms with Gasteiger partial charge in [-0.15, -0.1) is 5.10 Å². The molecule has 110 valence electrons. The maximum Gasteiger partial charge on any atom is 0.155 e. The summed E-state index contributed by atoms with van der Waals surface area (Å²) in [6.45, 7) is 0. The van der Waals surface area contributed by atoms with Gasteiger partial charge in [-0.1, -0.05) is 12.1 Å². The molecular formula is C17H20FN3. The van der Waals surface area contributed by atoms with Gasteiger partial charge in [0.2, 0.25) is 0 Å². The minimum Gasteiger partial charge on any atom is -0.269 e. The molecule has 0 spiro atoms. The van der Waals surface area contributed by atoms with Gasteiger partial charge < -0.3 is 0 Å². The van der Waals surface area contributed by atoms with E-state index in [4.69, 9.17) is 0 Å². The Kier molecular flexibility index (Phi) is 2.28. The van der Waals surface area contributed by atoms with Gasteiger partial charge in [0.25, 0.3) is 0 Å². The molecule has 6 rings (SSSR count). The monoisotopic (exact) mass is 285 g/mol. The molecule has 0 aliphatic heterocycles. The summed E-state index contributed by atoms with van der Waals surface area (Å²) in [5.41, 5.74) is 1.25. The molecule has 21 heavy (non-hydrogen) atoms. The number of rotatable bonds is 2. The quantitative estimate of drug-likeness (QED) is 0.869. The number of hydrogen-bond acceptors (Lipinski definition) is 1.